The van der Waals surface area contributed by atoms with Crippen molar-refractivity contribution in [1.29, 1.82) is 0 Å². The average Bonchev–Trinajstić information content (AvgIpc) is 3.57. The van der Waals surface area contributed by atoms with E-state index in [2.05, 4.69) is 20.9 Å². The van der Waals surface area contributed by atoms with Gasteiger partial charge in [-0.3, -0.25) is 14.4 Å². The van der Waals surface area contributed by atoms with Crippen molar-refractivity contribution in [3.63, 3.8) is 0 Å². The van der Waals surface area contributed by atoms with E-state index >= 15 is 0 Å². The van der Waals surface area contributed by atoms with Gasteiger partial charge in [-0.1, -0.05) is 18.2 Å². The summed E-state index contributed by atoms with van der Waals surface area (Å²) in [6, 6.07) is 12.6. The molecule has 3 aromatic rings. The molecule has 12 heteroatoms. The zero-order valence-corrected chi connectivity index (χ0v) is 23.6. The maximum Gasteiger partial charge on any atom is 0.251 e. The molecule has 1 fully saturated rings. The van der Waals surface area contributed by atoms with Crippen molar-refractivity contribution in [3.8, 4) is 11.1 Å². The van der Waals surface area contributed by atoms with E-state index in [1.54, 1.807) is 18.2 Å². The van der Waals surface area contributed by atoms with Gasteiger partial charge in [-0.25, -0.2) is 13.4 Å². The monoisotopic (exact) mass is 572 g/mol. The Kier molecular flexibility index (Phi) is 8.38. The van der Waals surface area contributed by atoms with Gasteiger partial charge in [0.2, 0.25) is 11.8 Å². The number of aliphatic hydroxyl groups is 1. The van der Waals surface area contributed by atoms with Crippen molar-refractivity contribution in [2.24, 2.45) is 0 Å². The number of hydrogen-bond acceptors (Lipinski definition) is 8. The molecule has 1 unspecified atom stereocenters. The van der Waals surface area contributed by atoms with Gasteiger partial charge < -0.3 is 21.1 Å². The summed E-state index contributed by atoms with van der Waals surface area (Å²) >= 11 is 1.11. The molecule has 0 aliphatic heterocycles. The summed E-state index contributed by atoms with van der Waals surface area (Å²) in [5.74, 6) is -1.39. The van der Waals surface area contributed by atoms with Crippen molar-refractivity contribution in [3.05, 3.63) is 53.0 Å². The second-order valence-corrected chi connectivity index (χ2v) is 13.6. The highest BCUT2D eigenvalue weighted by atomic mass is 32.2. The number of carbonyl (C=O) groups is 3. The number of fused-ring (bicyclic) bond motifs is 1. The number of nitrogens with one attached hydrogen (secondary N) is 3. The number of rotatable bonds is 11. The number of carbonyl (C=O) groups excluding carboxylic acids is 3. The first-order valence-corrected chi connectivity index (χ1v) is 15.3. The van der Waals surface area contributed by atoms with E-state index in [9.17, 15) is 27.9 Å². The molecule has 0 spiro atoms. The van der Waals surface area contributed by atoms with E-state index in [-0.39, 0.29) is 36.0 Å². The van der Waals surface area contributed by atoms with Crippen LogP contribution in [0.5, 0.6) is 0 Å². The Balaban J connectivity index is 1.51. The molecule has 39 heavy (non-hydrogen) atoms. The van der Waals surface area contributed by atoms with Crippen molar-refractivity contribution in [2.75, 3.05) is 19.4 Å². The summed E-state index contributed by atoms with van der Waals surface area (Å²) in [6.45, 7) is 3.36. The number of aliphatic hydroxyl groups excluding tert-OH is 1. The van der Waals surface area contributed by atoms with Crippen molar-refractivity contribution in [2.45, 2.75) is 49.9 Å². The highest BCUT2D eigenvalue weighted by molar-refractivity contribution is 7.91. The Morgan fingerprint density at radius 1 is 1.10 bits per heavy atom. The summed E-state index contributed by atoms with van der Waals surface area (Å²) in [5.41, 5.74) is 2.18. The lowest BCUT2D eigenvalue weighted by Gasteiger charge is -2.25. The van der Waals surface area contributed by atoms with Crippen LogP contribution in [-0.2, 0) is 19.4 Å². The van der Waals surface area contributed by atoms with Crippen LogP contribution in [0.4, 0.5) is 0 Å². The molecule has 10 nitrogen and oxygen atoms in total. The van der Waals surface area contributed by atoms with Gasteiger partial charge in [-0.15, -0.1) is 11.3 Å². The predicted octanol–water partition coefficient (Wildman–Crippen LogP) is 2.33. The summed E-state index contributed by atoms with van der Waals surface area (Å²) in [4.78, 5) is 41.8. The maximum atomic E-state index is 12.8. The van der Waals surface area contributed by atoms with Gasteiger partial charge in [-0.2, -0.15) is 0 Å². The number of benzene rings is 2. The zero-order chi connectivity index (χ0) is 28.4. The fraction of sp³-hybridized carbons (Fsp3) is 0.407. The topological polar surface area (TPSA) is 155 Å². The second kappa shape index (κ2) is 11.4. The lowest BCUT2D eigenvalue weighted by atomic mass is 9.99. The molecule has 1 aromatic heterocycles. The Labute approximate surface area is 231 Å². The first-order valence-electron chi connectivity index (χ1n) is 12.6. The Morgan fingerprint density at radius 3 is 2.38 bits per heavy atom. The first kappa shape index (κ1) is 28.7. The van der Waals surface area contributed by atoms with Crippen LogP contribution in [0.3, 0.4) is 0 Å². The minimum Gasteiger partial charge on any atom is -0.396 e. The standard InChI is InChI=1S/C27H32N4O6S2/c1-27(2,12-13-32)31-24(34)17-6-4-16(5-7-17)18-8-11-20-21(14-18)38-26(30-20)23(39(3,36)37)25(35)28-15-22(33)29-19-9-10-19/h4-8,11,14,19,23,32H,9-10,12-13,15H2,1-3H3,(H,28,35)(H,29,33)(H,31,34). The smallest absolute Gasteiger partial charge is 0.251 e. The molecule has 4 rings (SSSR count). The molecule has 1 atom stereocenters. The number of amides is 3. The maximum absolute atomic E-state index is 12.8. The first-order chi connectivity index (χ1) is 18.4. The lowest BCUT2D eigenvalue weighted by Crippen LogP contribution is -2.44. The predicted molar refractivity (Wildman–Crippen MR) is 150 cm³/mol. The molecule has 1 aliphatic carbocycles. The summed E-state index contributed by atoms with van der Waals surface area (Å²) < 4.78 is 25.8. The van der Waals surface area contributed by atoms with E-state index in [1.807, 2.05) is 38.1 Å². The number of hydrogen-bond donors (Lipinski definition) is 4. The number of aromatic nitrogens is 1. The van der Waals surface area contributed by atoms with Crippen LogP contribution in [0, 0.1) is 0 Å². The molecular formula is C27H32N4O6S2. The Hall–Kier alpha value is -3.35. The molecule has 0 radical (unpaired) electrons. The van der Waals surface area contributed by atoms with Crippen LogP contribution in [-0.4, -0.2) is 67.2 Å². The van der Waals surface area contributed by atoms with Gasteiger partial charge in [-0.05, 0) is 68.5 Å². The molecule has 2 aromatic carbocycles. The fourth-order valence-corrected chi connectivity index (χ4v) is 6.57. The molecule has 208 valence electrons. The number of thiazole rings is 1. The fourth-order valence-electron chi connectivity index (χ4n) is 4.03. The third kappa shape index (κ3) is 7.40. The van der Waals surface area contributed by atoms with Crippen LogP contribution >= 0.6 is 11.3 Å². The molecular weight excluding hydrogens is 540 g/mol. The van der Waals surface area contributed by atoms with Gasteiger partial charge in [0.1, 0.15) is 5.01 Å². The van der Waals surface area contributed by atoms with Gasteiger partial charge in [0.15, 0.2) is 15.1 Å². The van der Waals surface area contributed by atoms with Crippen LogP contribution < -0.4 is 16.0 Å². The summed E-state index contributed by atoms with van der Waals surface area (Å²) in [5, 5.41) is 15.9. The van der Waals surface area contributed by atoms with E-state index < -0.39 is 26.5 Å². The SMILES string of the molecule is CC(C)(CCO)NC(=O)c1ccc(-c2ccc3nc(C(C(=O)NCC(=O)NC4CC4)S(C)(=O)=O)sc3c2)cc1. The van der Waals surface area contributed by atoms with Gasteiger partial charge in [0.25, 0.3) is 5.91 Å². The number of sulfone groups is 1. The van der Waals surface area contributed by atoms with Crippen LogP contribution in [0.25, 0.3) is 21.3 Å². The second-order valence-electron chi connectivity index (χ2n) is 10.4. The van der Waals surface area contributed by atoms with Crippen molar-refractivity contribution in [1.82, 2.24) is 20.9 Å². The summed E-state index contributed by atoms with van der Waals surface area (Å²) in [7, 11) is -3.86. The van der Waals surface area contributed by atoms with Crippen LogP contribution in [0.15, 0.2) is 42.5 Å². The van der Waals surface area contributed by atoms with Crippen molar-refractivity contribution >= 4 is 49.1 Å². The Bertz CT molecular complexity index is 1490. The third-order valence-electron chi connectivity index (χ3n) is 6.33. The lowest BCUT2D eigenvalue weighted by molar-refractivity contribution is -0.126. The van der Waals surface area contributed by atoms with E-state index in [1.165, 1.54) is 0 Å². The highest BCUT2D eigenvalue weighted by Crippen LogP contribution is 2.33. The van der Waals surface area contributed by atoms with E-state index in [0.29, 0.717) is 22.2 Å². The molecule has 1 aliphatic rings. The molecule has 1 heterocycles. The van der Waals surface area contributed by atoms with Gasteiger partial charge in [0.05, 0.1) is 16.8 Å². The largest absolute Gasteiger partial charge is 0.396 e. The third-order valence-corrected chi connectivity index (χ3v) is 8.86. The molecule has 0 bridgehead atoms. The summed E-state index contributed by atoms with van der Waals surface area (Å²) in [6.07, 6.45) is 3.22. The van der Waals surface area contributed by atoms with E-state index in [4.69, 9.17) is 0 Å². The average molecular weight is 573 g/mol. The normalized spacial score (nSPS) is 14.6. The number of nitrogens with zero attached hydrogens (tertiary/aromatic N) is 1. The minimum absolute atomic E-state index is 0.0267. The van der Waals surface area contributed by atoms with Crippen LogP contribution in [0.1, 0.15) is 53.7 Å². The van der Waals surface area contributed by atoms with Gasteiger partial charge >= 0.3 is 0 Å². The highest BCUT2D eigenvalue weighted by Gasteiger charge is 2.34. The quantitative estimate of drug-likeness (QED) is 0.275. The van der Waals surface area contributed by atoms with Crippen LogP contribution in [0.2, 0.25) is 0 Å². The molecule has 0 saturated heterocycles. The molecule has 1 saturated carbocycles. The van der Waals surface area contributed by atoms with Gasteiger partial charge in [0, 0.05) is 30.0 Å². The minimum atomic E-state index is -3.86. The molecule has 3 amide bonds. The van der Waals surface area contributed by atoms with Crippen molar-refractivity contribution < 1.29 is 27.9 Å². The van der Waals surface area contributed by atoms with E-state index in [0.717, 1.165) is 41.6 Å². The zero-order valence-electron chi connectivity index (χ0n) is 22.0. The molecule has 4 N–H and O–H groups in total. The Morgan fingerprint density at radius 2 is 1.77 bits per heavy atom.